The maximum absolute atomic E-state index is 11.9. The van der Waals surface area contributed by atoms with Gasteiger partial charge in [-0.25, -0.2) is 0 Å². The molecule has 0 atom stereocenters. The van der Waals surface area contributed by atoms with Crippen LogP contribution in [-0.2, 0) is 5.88 Å². The van der Waals surface area contributed by atoms with Gasteiger partial charge in [0.25, 0.3) is 5.91 Å². The molecular weight excluding hydrogens is 214 g/mol. The lowest BCUT2D eigenvalue weighted by Gasteiger charge is -2.17. The van der Waals surface area contributed by atoms with Gasteiger partial charge in [0.15, 0.2) is 0 Å². The monoisotopic (exact) mass is 227 g/mol. The molecule has 4 heteroatoms. The van der Waals surface area contributed by atoms with E-state index in [1.165, 1.54) is 4.90 Å². The molecule has 82 valence electrons. The van der Waals surface area contributed by atoms with Crippen LogP contribution in [0.4, 0.5) is 0 Å². The molecule has 1 aromatic rings. The van der Waals surface area contributed by atoms with Gasteiger partial charge in [0.2, 0.25) is 0 Å². The minimum atomic E-state index is -0.111. The number of amides is 1. The van der Waals surface area contributed by atoms with Crippen LogP contribution >= 0.6 is 11.6 Å². The number of hydrogen-bond acceptors (Lipinski definition) is 2. The first-order valence-corrected chi connectivity index (χ1v) is 5.24. The highest BCUT2D eigenvalue weighted by molar-refractivity contribution is 6.17. The second-order valence-electron chi connectivity index (χ2n) is 3.24. The largest absolute Gasteiger partial charge is 0.395 e. The minimum absolute atomic E-state index is 0.0364. The van der Waals surface area contributed by atoms with E-state index >= 15 is 0 Å². The van der Waals surface area contributed by atoms with Gasteiger partial charge in [-0.15, -0.1) is 11.6 Å². The van der Waals surface area contributed by atoms with Crippen molar-refractivity contribution in [2.24, 2.45) is 0 Å². The van der Waals surface area contributed by atoms with E-state index in [2.05, 4.69) is 0 Å². The Morgan fingerprint density at radius 3 is 2.73 bits per heavy atom. The maximum Gasteiger partial charge on any atom is 0.253 e. The van der Waals surface area contributed by atoms with Crippen LogP contribution in [0, 0.1) is 0 Å². The van der Waals surface area contributed by atoms with E-state index in [0.717, 1.165) is 5.56 Å². The quantitative estimate of drug-likeness (QED) is 0.792. The van der Waals surface area contributed by atoms with Crippen molar-refractivity contribution in [2.75, 3.05) is 20.2 Å². The van der Waals surface area contributed by atoms with Crippen LogP contribution in [0.3, 0.4) is 0 Å². The first-order chi connectivity index (χ1) is 7.20. The molecular formula is C11H14ClNO2. The van der Waals surface area contributed by atoms with E-state index in [1.807, 2.05) is 12.1 Å². The second-order valence-corrected chi connectivity index (χ2v) is 3.51. The molecule has 0 fully saturated rings. The molecule has 0 heterocycles. The Hall–Kier alpha value is -1.06. The van der Waals surface area contributed by atoms with Gasteiger partial charge in [-0.3, -0.25) is 4.79 Å². The molecule has 0 radical (unpaired) electrons. The zero-order valence-electron chi connectivity index (χ0n) is 8.61. The minimum Gasteiger partial charge on any atom is -0.395 e. The zero-order chi connectivity index (χ0) is 11.3. The number of rotatable bonds is 4. The average Bonchev–Trinajstić information content (AvgIpc) is 2.28. The Kier molecular flexibility index (Phi) is 4.59. The van der Waals surface area contributed by atoms with E-state index < -0.39 is 0 Å². The van der Waals surface area contributed by atoms with Crippen LogP contribution in [0.5, 0.6) is 0 Å². The highest BCUT2D eigenvalue weighted by Gasteiger charge is 2.13. The number of likely N-dealkylation sites (N-methyl/N-ethyl adjacent to an activating group) is 1. The van der Waals surface area contributed by atoms with Crippen molar-refractivity contribution in [1.29, 1.82) is 0 Å². The molecule has 1 aromatic carbocycles. The van der Waals surface area contributed by atoms with E-state index in [4.69, 9.17) is 16.7 Å². The molecule has 0 spiro atoms. The molecule has 1 N–H and O–H groups in total. The van der Waals surface area contributed by atoms with Crippen LogP contribution < -0.4 is 0 Å². The number of aliphatic hydroxyl groups is 1. The van der Waals surface area contributed by atoms with Gasteiger partial charge in [-0.1, -0.05) is 18.2 Å². The Morgan fingerprint density at radius 1 is 1.47 bits per heavy atom. The first-order valence-electron chi connectivity index (χ1n) is 4.71. The fraction of sp³-hybridized carbons (Fsp3) is 0.364. The van der Waals surface area contributed by atoms with Crippen LogP contribution in [-0.4, -0.2) is 36.1 Å². The molecule has 0 saturated heterocycles. The Morgan fingerprint density at radius 2 is 2.13 bits per heavy atom. The van der Waals surface area contributed by atoms with Gasteiger partial charge in [0, 0.05) is 25.0 Å². The number of alkyl halides is 1. The van der Waals surface area contributed by atoms with Crippen LogP contribution in [0.25, 0.3) is 0 Å². The number of carbonyl (C=O) groups is 1. The van der Waals surface area contributed by atoms with Crippen LogP contribution in [0.1, 0.15) is 15.9 Å². The van der Waals surface area contributed by atoms with Crippen molar-refractivity contribution in [3.8, 4) is 0 Å². The zero-order valence-corrected chi connectivity index (χ0v) is 9.37. The normalized spacial score (nSPS) is 10.1. The predicted molar refractivity (Wildman–Crippen MR) is 60.0 cm³/mol. The third-order valence-electron chi connectivity index (χ3n) is 2.17. The summed E-state index contributed by atoms with van der Waals surface area (Å²) in [5.74, 6) is 0.204. The Balaban J connectivity index is 2.90. The molecule has 1 amide bonds. The van der Waals surface area contributed by atoms with Crippen molar-refractivity contribution < 1.29 is 9.90 Å². The lowest BCUT2D eigenvalue weighted by Crippen LogP contribution is -2.30. The summed E-state index contributed by atoms with van der Waals surface area (Å²) < 4.78 is 0. The topological polar surface area (TPSA) is 40.5 Å². The van der Waals surface area contributed by atoms with Gasteiger partial charge in [-0.05, 0) is 11.6 Å². The van der Waals surface area contributed by atoms with Gasteiger partial charge >= 0.3 is 0 Å². The summed E-state index contributed by atoms with van der Waals surface area (Å²) >= 11 is 5.74. The van der Waals surface area contributed by atoms with Crippen LogP contribution in [0.15, 0.2) is 24.3 Å². The summed E-state index contributed by atoms with van der Waals surface area (Å²) in [7, 11) is 1.66. The van der Waals surface area contributed by atoms with E-state index in [9.17, 15) is 4.79 Å². The first kappa shape index (κ1) is 12.0. The highest BCUT2D eigenvalue weighted by atomic mass is 35.5. The van der Waals surface area contributed by atoms with Gasteiger partial charge in [-0.2, -0.15) is 0 Å². The summed E-state index contributed by atoms with van der Waals surface area (Å²) in [6, 6.07) is 7.22. The number of carbonyl (C=O) groups excluding carboxylic acids is 1. The number of halogens is 1. The summed E-state index contributed by atoms with van der Waals surface area (Å²) in [5.41, 5.74) is 1.41. The molecule has 0 saturated carbocycles. The molecule has 1 rings (SSSR count). The number of benzene rings is 1. The molecule has 15 heavy (non-hydrogen) atoms. The van der Waals surface area contributed by atoms with Crippen molar-refractivity contribution in [3.63, 3.8) is 0 Å². The predicted octanol–water partition coefficient (Wildman–Crippen LogP) is 1.49. The third-order valence-corrected chi connectivity index (χ3v) is 2.46. The van der Waals surface area contributed by atoms with Gasteiger partial charge in [0.1, 0.15) is 0 Å². The second kappa shape index (κ2) is 5.73. The summed E-state index contributed by atoms with van der Waals surface area (Å²) in [4.78, 5) is 13.3. The maximum atomic E-state index is 11.9. The van der Waals surface area contributed by atoms with Crippen molar-refractivity contribution in [2.45, 2.75) is 5.88 Å². The molecule has 0 unspecified atom stereocenters. The molecule has 0 aliphatic heterocycles. The molecule has 0 aliphatic carbocycles. The van der Waals surface area contributed by atoms with Gasteiger partial charge in [0.05, 0.1) is 6.61 Å². The fourth-order valence-electron chi connectivity index (χ4n) is 1.30. The standard InChI is InChI=1S/C11H14ClNO2/c1-13(6-7-14)11(15)10-5-3-2-4-9(10)8-12/h2-5,14H,6-8H2,1H3. The third kappa shape index (κ3) is 2.94. The van der Waals surface area contributed by atoms with Crippen molar-refractivity contribution in [1.82, 2.24) is 4.90 Å². The van der Waals surface area contributed by atoms with Gasteiger partial charge < -0.3 is 10.0 Å². The van der Waals surface area contributed by atoms with Crippen LogP contribution in [0.2, 0.25) is 0 Å². The number of aliphatic hydroxyl groups excluding tert-OH is 1. The Bertz CT molecular complexity index is 341. The lowest BCUT2D eigenvalue weighted by atomic mass is 10.1. The van der Waals surface area contributed by atoms with E-state index in [-0.39, 0.29) is 12.5 Å². The average molecular weight is 228 g/mol. The highest BCUT2D eigenvalue weighted by Crippen LogP contribution is 2.13. The fourth-order valence-corrected chi connectivity index (χ4v) is 1.54. The van der Waals surface area contributed by atoms with Crippen molar-refractivity contribution in [3.05, 3.63) is 35.4 Å². The van der Waals surface area contributed by atoms with E-state index in [1.54, 1.807) is 19.2 Å². The number of hydrogen-bond donors (Lipinski definition) is 1. The van der Waals surface area contributed by atoms with E-state index in [0.29, 0.717) is 18.0 Å². The molecule has 0 bridgehead atoms. The summed E-state index contributed by atoms with van der Waals surface area (Å²) in [5, 5.41) is 8.74. The SMILES string of the molecule is CN(CCO)C(=O)c1ccccc1CCl. The van der Waals surface area contributed by atoms with Crippen molar-refractivity contribution >= 4 is 17.5 Å². The molecule has 0 aromatic heterocycles. The summed E-state index contributed by atoms with van der Waals surface area (Å²) in [6.07, 6.45) is 0. The number of nitrogens with zero attached hydrogens (tertiary/aromatic N) is 1. The molecule has 0 aliphatic rings. The summed E-state index contributed by atoms with van der Waals surface area (Å²) in [6.45, 7) is 0.292. The Labute approximate surface area is 94.3 Å². The molecule has 3 nitrogen and oxygen atoms in total. The smallest absolute Gasteiger partial charge is 0.253 e. The lowest BCUT2D eigenvalue weighted by molar-refractivity contribution is 0.0766.